The van der Waals surface area contributed by atoms with E-state index in [2.05, 4.69) is 42.9 Å². The van der Waals surface area contributed by atoms with Crippen LogP contribution in [-0.4, -0.2) is 77.2 Å². The number of nitrogens with zero attached hydrogens (tertiary/aromatic N) is 6. The van der Waals surface area contributed by atoms with E-state index in [1.165, 1.54) is 9.58 Å². The topological polar surface area (TPSA) is 57.6 Å². The Morgan fingerprint density at radius 1 is 0.931 bits per heavy atom. The van der Waals surface area contributed by atoms with Gasteiger partial charge in [-0.3, -0.25) is 14.8 Å². The fraction of sp³-hybridized carbons (Fsp3) is 0.476. The molecule has 0 radical (unpaired) electrons. The highest BCUT2D eigenvalue weighted by molar-refractivity contribution is 7.18. The number of morpholine rings is 1. The number of hydrogen-bond donors (Lipinski definition) is 0. The fourth-order valence-electron chi connectivity index (χ4n) is 3.92. The van der Waals surface area contributed by atoms with Gasteiger partial charge in [0, 0.05) is 63.4 Å². The van der Waals surface area contributed by atoms with Crippen LogP contribution in [0.15, 0.2) is 36.7 Å². The van der Waals surface area contributed by atoms with Crippen LogP contribution in [0.2, 0.25) is 0 Å². The maximum atomic E-state index is 5.43. The summed E-state index contributed by atoms with van der Waals surface area (Å²) in [7, 11) is 0. The summed E-state index contributed by atoms with van der Waals surface area (Å²) < 4.78 is 6.60. The molecule has 0 spiro atoms. The molecule has 2 fully saturated rings. The number of anilines is 1. The van der Waals surface area contributed by atoms with Crippen molar-refractivity contribution < 1.29 is 4.74 Å². The zero-order valence-corrected chi connectivity index (χ0v) is 17.4. The third kappa shape index (κ3) is 4.56. The molecule has 3 aromatic rings. The molecule has 29 heavy (non-hydrogen) atoms. The molecule has 2 aliphatic heterocycles. The first-order valence-electron chi connectivity index (χ1n) is 10.3. The van der Waals surface area contributed by atoms with Crippen molar-refractivity contribution in [3.8, 4) is 0 Å². The molecule has 8 heteroatoms. The molecule has 2 saturated heterocycles. The van der Waals surface area contributed by atoms with Gasteiger partial charge in [0.25, 0.3) is 0 Å². The van der Waals surface area contributed by atoms with Crippen molar-refractivity contribution in [3.63, 3.8) is 0 Å². The Hall–Kier alpha value is -2.13. The molecule has 0 bridgehead atoms. The molecular weight excluding hydrogens is 384 g/mol. The Balaban J connectivity index is 1.18. The summed E-state index contributed by atoms with van der Waals surface area (Å²) >= 11 is 1.82. The first-order chi connectivity index (χ1) is 14.3. The molecule has 0 atom stereocenters. The number of fused-ring (bicyclic) bond motifs is 1. The predicted molar refractivity (Wildman–Crippen MR) is 115 cm³/mol. The van der Waals surface area contributed by atoms with Crippen molar-refractivity contribution in [3.05, 3.63) is 47.2 Å². The third-order valence-corrected chi connectivity index (χ3v) is 6.60. The second-order valence-electron chi connectivity index (χ2n) is 7.60. The van der Waals surface area contributed by atoms with Crippen LogP contribution in [0.5, 0.6) is 0 Å². The smallest absolute Gasteiger partial charge is 0.226 e. The van der Waals surface area contributed by atoms with Gasteiger partial charge in [-0.2, -0.15) is 0 Å². The van der Waals surface area contributed by atoms with Crippen molar-refractivity contribution in [2.75, 3.05) is 57.4 Å². The van der Waals surface area contributed by atoms with E-state index in [0.717, 1.165) is 82.7 Å². The van der Waals surface area contributed by atoms with Gasteiger partial charge in [0.1, 0.15) is 0 Å². The Bertz CT molecular complexity index is 935. The molecular formula is C21H26N6OS. The molecule has 2 aliphatic rings. The second-order valence-corrected chi connectivity index (χ2v) is 8.77. The summed E-state index contributed by atoms with van der Waals surface area (Å²) in [6.07, 6.45) is 3.85. The molecule has 5 heterocycles. The summed E-state index contributed by atoms with van der Waals surface area (Å²) in [5.41, 5.74) is 2.22. The Kier molecular flexibility index (Phi) is 5.67. The van der Waals surface area contributed by atoms with Crippen molar-refractivity contribution in [2.45, 2.75) is 13.1 Å². The van der Waals surface area contributed by atoms with Gasteiger partial charge < -0.3 is 9.64 Å². The van der Waals surface area contributed by atoms with Crippen molar-refractivity contribution in [1.29, 1.82) is 0 Å². The maximum absolute atomic E-state index is 5.43. The Morgan fingerprint density at radius 3 is 2.48 bits per heavy atom. The van der Waals surface area contributed by atoms with Crippen molar-refractivity contribution in [1.82, 2.24) is 24.8 Å². The number of rotatable bonds is 5. The minimum atomic E-state index is 0.753. The Morgan fingerprint density at radius 2 is 1.72 bits per heavy atom. The van der Waals surface area contributed by atoms with Gasteiger partial charge in [-0.15, -0.1) is 11.3 Å². The summed E-state index contributed by atoms with van der Waals surface area (Å²) in [6, 6.07) is 8.38. The quantitative estimate of drug-likeness (QED) is 0.639. The van der Waals surface area contributed by atoms with Crippen molar-refractivity contribution in [2.24, 2.45) is 0 Å². The maximum Gasteiger partial charge on any atom is 0.226 e. The highest BCUT2D eigenvalue weighted by atomic mass is 32.1. The minimum absolute atomic E-state index is 0.753. The van der Waals surface area contributed by atoms with Gasteiger partial charge in [0.2, 0.25) is 5.95 Å². The number of aromatic nitrogens is 3. The van der Waals surface area contributed by atoms with Crippen LogP contribution in [0.4, 0.5) is 5.95 Å². The zero-order chi connectivity index (χ0) is 19.5. The van der Waals surface area contributed by atoms with Gasteiger partial charge in [-0.05, 0) is 18.2 Å². The van der Waals surface area contributed by atoms with E-state index in [1.54, 1.807) is 0 Å². The molecule has 0 unspecified atom stereocenters. The van der Waals surface area contributed by atoms with Gasteiger partial charge in [-0.25, -0.2) is 9.97 Å². The third-order valence-electron chi connectivity index (χ3n) is 5.56. The predicted octanol–water partition coefficient (Wildman–Crippen LogP) is 2.24. The van der Waals surface area contributed by atoms with Crippen LogP contribution in [0, 0.1) is 0 Å². The lowest BCUT2D eigenvalue weighted by molar-refractivity contribution is 0.122. The Labute approximate surface area is 175 Å². The molecule has 7 nitrogen and oxygen atoms in total. The zero-order valence-electron chi connectivity index (χ0n) is 16.5. The van der Waals surface area contributed by atoms with Crippen LogP contribution < -0.4 is 4.90 Å². The number of thiophene rings is 1. The van der Waals surface area contributed by atoms with Crippen molar-refractivity contribution >= 4 is 27.5 Å². The fourth-order valence-corrected chi connectivity index (χ4v) is 4.93. The highest BCUT2D eigenvalue weighted by Gasteiger charge is 2.19. The first kappa shape index (κ1) is 18.9. The van der Waals surface area contributed by atoms with E-state index in [-0.39, 0.29) is 0 Å². The van der Waals surface area contributed by atoms with Gasteiger partial charge >= 0.3 is 0 Å². The monoisotopic (exact) mass is 410 g/mol. The van der Waals surface area contributed by atoms with E-state index in [4.69, 9.17) is 9.72 Å². The number of pyridine rings is 1. The van der Waals surface area contributed by atoms with Gasteiger partial charge in [-0.1, -0.05) is 6.07 Å². The minimum Gasteiger partial charge on any atom is -0.378 e. The summed E-state index contributed by atoms with van der Waals surface area (Å²) in [6.45, 7) is 9.52. The first-order valence-corrected chi connectivity index (χ1v) is 11.1. The average molecular weight is 411 g/mol. The van der Waals surface area contributed by atoms with Crippen LogP contribution in [0.25, 0.3) is 10.2 Å². The highest BCUT2D eigenvalue weighted by Crippen LogP contribution is 2.27. The summed E-state index contributed by atoms with van der Waals surface area (Å²) in [5.74, 6) is 0.827. The van der Waals surface area contributed by atoms with Crippen LogP contribution in [-0.2, 0) is 17.8 Å². The molecule has 3 aromatic heterocycles. The van der Waals surface area contributed by atoms with Crippen LogP contribution in [0.3, 0.4) is 0 Å². The average Bonchev–Trinajstić information content (AvgIpc) is 3.18. The SMILES string of the molecule is c1ccc(CN2CCN(Cc3cc4nc(N5CCOCC5)ncc4s3)CC2)nc1. The molecule has 0 aliphatic carbocycles. The lowest BCUT2D eigenvalue weighted by Gasteiger charge is -2.34. The normalized spacial score (nSPS) is 19.1. The van der Waals surface area contributed by atoms with Crippen LogP contribution in [0.1, 0.15) is 10.6 Å². The van der Waals surface area contributed by atoms with Gasteiger partial charge in [0.05, 0.1) is 35.3 Å². The largest absolute Gasteiger partial charge is 0.378 e. The second kappa shape index (κ2) is 8.71. The van der Waals surface area contributed by atoms with Gasteiger partial charge in [0.15, 0.2) is 0 Å². The number of piperazine rings is 1. The lowest BCUT2D eigenvalue weighted by Crippen LogP contribution is -2.45. The number of hydrogen-bond acceptors (Lipinski definition) is 8. The molecule has 0 amide bonds. The van der Waals surface area contributed by atoms with E-state index in [0.29, 0.717) is 0 Å². The van der Waals surface area contributed by atoms with E-state index in [1.807, 2.05) is 29.8 Å². The number of ether oxygens (including phenoxy) is 1. The summed E-state index contributed by atoms with van der Waals surface area (Å²) in [4.78, 5) is 22.4. The van der Waals surface area contributed by atoms with E-state index < -0.39 is 0 Å². The molecule has 152 valence electrons. The van der Waals surface area contributed by atoms with Crippen LogP contribution >= 0.6 is 11.3 Å². The summed E-state index contributed by atoms with van der Waals surface area (Å²) in [5, 5.41) is 0. The molecule has 0 N–H and O–H groups in total. The standard InChI is InChI=1S/C21H26N6OS/c1-2-4-22-17(3-1)15-25-5-7-26(8-6-25)16-18-13-19-20(29-18)14-23-21(24-19)27-9-11-28-12-10-27/h1-4,13-14H,5-12,15-16H2. The van der Waals surface area contributed by atoms with E-state index >= 15 is 0 Å². The molecule has 0 aromatic carbocycles. The molecule has 0 saturated carbocycles. The van der Waals surface area contributed by atoms with E-state index in [9.17, 15) is 0 Å². The molecule has 5 rings (SSSR count). The lowest BCUT2D eigenvalue weighted by atomic mass is 10.2.